The number of ether oxygens (including phenoxy) is 2. The Hall–Kier alpha value is -1.52. The van der Waals surface area contributed by atoms with Crippen molar-refractivity contribution >= 4 is 12.2 Å². The number of fused-ring (bicyclic) bond motifs is 2. The highest BCUT2D eigenvalue weighted by Crippen LogP contribution is 2.39. The number of aromatic amines is 1. The molecular weight excluding hydrogens is 280 g/mol. The number of aromatic nitrogens is 2. The lowest BCUT2D eigenvalue weighted by Gasteiger charge is -2.36. The average molecular weight is 296 g/mol. The number of rotatable bonds is 2. The van der Waals surface area contributed by atoms with E-state index in [1.807, 2.05) is 0 Å². The average Bonchev–Trinajstić information content (AvgIpc) is 3.10. The van der Waals surface area contributed by atoms with Crippen LogP contribution < -0.4 is 0 Å². The SMILES string of the molecule is OC[C@H]1OC(N2C=Nc3nc[nH]c3C2O)C[C@H]2O[C@H]2[C@@H]1O. The topological polar surface area (TPSA) is 127 Å². The smallest absolute Gasteiger partial charge is 0.179 e. The molecule has 0 saturated carbocycles. The van der Waals surface area contributed by atoms with Crippen molar-refractivity contribution in [3.8, 4) is 0 Å². The van der Waals surface area contributed by atoms with Crippen LogP contribution in [0.5, 0.6) is 0 Å². The van der Waals surface area contributed by atoms with Crippen molar-refractivity contribution in [3.05, 3.63) is 12.0 Å². The van der Waals surface area contributed by atoms with E-state index >= 15 is 0 Å². The molecule has 9 heteroatoms. The number of nitrogens with one attached hydrogen (secondary N) is 1. The molecule has 2 fully saturated rings. The van der Waals surface area contributed by atoms with Gasteiger partial charge in [0.25, 0.3) is 0 Å². The number of aliphatic imine (C=N–C) groups is 1. The van der Waals surface area contributed by atoms with Crippen molar-refractivity contribution in [1.82, 2.24) is 14.9 Å². The molecule has 3 aliphatic heterocycles. The molecule has 0 amide bonds. The molecule has 4 heterocycles. The van der Waals surface area contributed by atoms with Gasteiger partial charge in [-0.3, -0.25) is 0 Å². The van der Waals surface area contributed by atoms with Crippen molar-refractivity contribution in [2.75, 3.05) is 6.61 Å². The Balaban J connectivity index is 1.58. The predicted molar refractivity (Wildman–Crippen MR) is 68.6 cm³/mol. The molecule has 9 nitrogen and oxygen atoms in total. The predicted octanol–water partition coefficient (Wildman–Crippen LogP) is -1.39. The summed E-state index contributed by atoms with van der Waals surface area (Å²) in [4.78, 5) is 12.5. The Morgan fingerprint density at radius 3 is 3.05 bits per heavy atom. The summed E-state index contributed by atoms with van der Waals surface area (Å²) in [6.07, 6.45) is -0.196. The highest BCUT2D eigenvalue weighted by atomic mass is 16.6. The zero-order valence-corrected chi connectivity index (χ0v) is 11.0. The fourth-order valence-corrected chi connectivity index (χ4v) is 2.89. The minimum Gasteiger partial charge on any atom is -0.394 e. The Bertz CT molecular complexity index is 564. The number of aliphatic hydroxyl groups is 3. The first-order chi connectivity index (χ1) is 10.2. The summed E-state index contributed by atoms with van der Waals surface area (Å²) in [5.41, 5.74) is 0.486. The zero-order valence-electron chi connectivity index (χ0n) is 11.0. The molecule has 0 bridgehead atoms. The highest BCUT2D eigenvalue weighted by molar-refractivity contribution is 5.64. The van der Waals surface area contributed by atoms with Gasteiger partial charge in [-0.2, -0.15) is 0 Å². The van der Waals surface area contributed by atoms with Gasteiger partial charge >= 0.3 is 0 Å². The van der Waals surface area contributed by atoms with Gasteiger partial charge in [-0.15, -0.1) is 0 Å². The van der Waals surface area contributed by atoms with Crippen LogP contribution in [0.4, 0.5) is 5.82 Å². The van der Waals surface area contributed by atoms with E-state index in [0.717, 1.165) is 0 Å². The van der Waals surface area contributed by atoms with Gasteiger partial charge in [0.2, 0.25) is 0 Å². The second-order valence-corrected chi connectivity index (χ2v) is 5.38. The first kappa shape index (κ1) is 13.2. The number of hydrogen-bond donors (Lipinski definition) is 4. The summed E-state index contributed by atoms with van der Waals surface area (Å²) in [5, 5.41) is 29.8. The molecule has 4 N–H and O–H groups in total. The monoisotopic (exact) mass is 296 g/mol. The number of aliphatic hydroxyl groups excluding tert-OH is 3. The summed E-state index contributed by atoms with van der Waals surface area (Å²) >= 11 is 0. The third-order valence-electron chi connectivity index (χ3n) is 4.12. The van der Waals surface area contributed by atoms with Crippen LogP contribution in [0.2, 0.25) is 0 Å². The van der Waals surface area contributed by atoms with Gasteiger partial charge in [-0.1, -0.05) is 0 Å². The molecule has 2 unspecified atom stereocenters. The van der Waals surface area contributed by atoms with Crippen molar-refractivity contribution in [3.63, 3.8) is 0 Å². The number of nitrogens with zero attached hydrogens (tertiary/aromatic N) is 3. The van der Waals surface area contributed by atoms with Gasteiger partial charge < -0.3 is 34.7 Å². The molecule has 0 aromatic carbocycles. The van der Waals surface area contributed by atoms with E-state index in [1.165, 1.54) is 17.6 Å². The second-order valence-electron chi connectivity index (χ2n) is 5.38. The van der Waals surface area contributed by atoms with Gasteiger partial charge in [0.05, 0.1) is 25.4 Å². The summed E-state index contributed by atoms with van der Waals surface area (Å²) in [6, 6.07) is 0. The molecule has 0 aliphatic carbocycles. The quantitative estimate of drug-likeness (QED) is 0.495. The summed E-state index contributed by atoms with van der Waals surface area (Å²) < 4.78 is 11.1. The first-order valence-electron chi connectivity index (χ1n) is 6.82. The van der Waals surface area contributed by atoms with E-state index in [9.17, 15) is 15.3 Å². The van der Waals surface area contributed by atoms with Gasteiger partial charge in [-0.25, -0.2) is 9.98 Å². The van der Waals surface area contributed by atoms with Crippen molar-refractivity contribution in [2.45, 2.75) is 43.3 Å². The Morgan fingerprint density at radius 2 is 2.24 bits per heavy atom. The van der Waals surface area contributed by atoms with Crippen LogP contribution in [0.15, 0.2) is 11.3 Å². The van der Waals surface area contributed by atoms with E-state index in [-0.39, 0.29) is 18.8 Å². The lowest BCUT2D eigenvalue weighted by atomic mass is 10.1. The zero-order chi connectivity index (χ0) is 14.6. The number of epoxide rings is 1. The van der Waals surface area contributed by atoms with Gasteiger partial charge in [0.15, 0.2) is 12.0 Å². The van der Waals surface area contributed by atoms with Crippen LogP contribution in [0, 0.1) is 0 Å². The molecule has 3 aliphatic rings. The highest BCUT2D eigenvalue weighted by Gasteiger charge is 2.53. The number of imidazole rings is 1. The van der Waals surface area contributed by atoms with E-state index in [2.05, 4.69) is 15.0 Å². The van der Waals surface area contributed by atoms with E-state index in [0.29, 0.717) is 17.9 Å². The van der Waals surface area contributed by atoms with Crippen LogP contribution in [0.25, 0.3) is 0 Å². The molecule has 21 heavy (non-hydrogen) atoms. The summed E-state index contributed by atoms with van der Waals surface area (Å²) in [7, 11) is 0. The minimum atomic E-state index is -0.975. The van der Waals surface area contributed by atoms with Crippen molar-refractivity contribution in [1.29, 1.82) is 0 Å². The maximum Gasteiger partial charge on any atom is 0.179 e. The van der Waals surface area contributed by atoms with E-state index in [4.69, 9.17) is 9.47 Å². The van der Waals surface area contributed by atoms with Crippen LogP contribution in [-0.2, 0) is 9.47 Å². The third kappa shape index (κ3) is 2.05. The molecule has 0 spiro atoms. The second kappa shape index (κ2) is 4.75. The number of H-pyrrole nitrogens is 1. The van der Waals surface area contributed by atoms with Crippen LogP contribution in [-0.4, -0.2) is 73.8 Å². The molecule has 2 saturated heterocycles. The van der Waals surface area contributed by atoms with Crippen molar-refractivity contribution in [2.24, 2.45) is 4.99 Å². The van der Waals surface area contributed by atoms with Crippen LogP contribution >= 0.6 is 0 Å². The van der Waals surface area contributed by atoms with Gasteiger partial charge in [0, 0.05) is 6.42 Å². The summed E-state index contributed by atoms with van der Waals surface area (Å²) in [6.45, 7) is -0.319. The Morgan fingerprint density at radius 1 is 1.38 bits per heavy atom. The molecular formula is C12H16N4O5. The van der Waals surface area contributed by atoms with E-state index < -0.39 is 24.7 Å². The normalized spacial score (nSPS) is 41.4. The minimum absolute atomic E-state index is 0.134. The lowest BCUT2D eigenvalue weighted by molar-refractivity contribution is -0.163. The van der Waals surface area contributed by atoms with Crippen molar-refractivity contribution < 1.29 is 24.8 Å². The Kier molecular flexibility index (Phi) is 2.98. The van der Waals surface area contributed by atoms with Crippen LogP contribution in [0.1, 0.15) is 18.3 Å². The lowest BCUT2D eigenvalue weighted by Crippen LogP contribution is -2.45. The molecule has 6 atom stereocenters. The molecule has 114 valence electrons. The van der Waals surface area contributed by atoms with Gasteiger partial charge in [0.1, 0.15) is 30.2 Å². The maximum atomic E-state index is 10.4. The van der Waals surface area contributed by atoms with E-state index in [1.54, 1.807) is 0 Å². The van der Waals surface area contributed by atoms with Crippen LogP contribution in [0.3, 0.4) is 0 Å². The maximum absolute atomic E-state index is 10.4. The largest absolute Gasteiger partial charge is 0.394 e. The third-order valence-corrected chi connectivity index (χ3v) is 4.12. The number of hydrogen-bond acceptors (Lipinski definition) is 8. The molecule has 1 aromatic heterocycles. The Labute approximate surface area is 119 Å². The first-order valence-corrected chi connectivity index (χ1v) is 6.82. The summed E-state index contributed by atoms with van der Waals surface area (Å²) in [5.74, 6) is 0.437. The molecule has 0 radical (unpaired) electrons. The fourth-order valence-electron chi connectivity index (χ4n) is 2.89. The fraction of sp³-hybridized carbons (Fsp3) is 0.667. The molecule has 4 rings (SSSR count). The van der Waals surface area contributed by atoms with Gasteiger partial charge in [-0.05, 0) is 0 Å². The molecule has 1 aromatic rings. The standard InChI is InChI=1S/C12H16N4O5/c17-2-6-9(18)10-5(21-10)1-7(20-6)16-4-15-11-8(12(16)19)13-3-14-11/h3-7,9-10,12,17-19H,1-2H2,(H,13,14)/t5-,6-,7?,9-,10-,12?/m1/s1.